The van der Waals surface area contributed by atoms with Crippen molar-refractivity contribution >= 4 is 23.6 Å². The minimum absolute atomic E-state index is 0.0142. The quantitative estimate of drug-likeness (QED) is 0.553. The fourth-order valence-electron chi connectivity index (χ4n) is 2.23. The number of rotatable bonds is 3. The van der Waals surface area contributed by atoms with Gasteiger partial charge in [0.05, 0.1) is 26.9 Å². The molecule has 0 aliphatic carbocycles. The van der Waals surface area contributed by atoms with E-state index in [-0.39, 0.29) is 5.57 Å². The highest BCUT2D eigenvalue weighted by atomic mass is 16.5. The van der Waals surface area contributed by atoms with Gasteiger partial charge in [0.25, 0.3) is 0 Å². The zero-order valence-corrected chi connectivity index (χ0v) is 12.1. The summed E-state index contributed by atoms with van der Waals surface area (Å²) < 4.78 is 14.0. The van der Waals surface area contributed by atoms with E-state index in [0.29, 0.717) is 11.4 Å². The zero-order chi connectivity index (χ0) is 15.4. The Bertz CT molecular complexity index is 505. The van der Waals surface area contributed by atoms with Gasteiger partial charge in [-0.2, -0.15) is 0 Å². The van der Waals surface area contributed by atoms with Crippen LogP contribution in [0.5, 0.6) is 0 Å². The van der Waals surface area contributed by atoms with Gasteiger partial charge in [-0.3, -0.25) is 14.6 Å². The number of hydrogen-bond donors (Lipinski definition) is 0. The third-order valence-corrected chi connectivity index (χ3v) is 3.14. The van der Waals surface area contributed by atoms with Crippen LogP contribution < -0.4 is 0 Å². The molecule has 0 saturated carbocycles. The van der Waals surface area contributed by atoms with Crippen molar-refractivity contribution in [1.82, 2.24) is 0 Å². The van der Waals surface area contributed by atoms with Crippen molar-refractivity contribution in [3.63, 3.8) is 0 Å². The van der Waals surface area contributed by atoms with Crippen LogP contribution in [-0.4, -0.2) is 44.9 Å². The Kier molecular flexibility index (Phi) is 5.01. The average Bonchev–Trinajstić information content (AvgIpc) is 2.44. The molecule has 0 saturated heterocycles. The van der Waals surface area contributed by atoms with Crippen LogP contribution in [0.2, 0.25) is 0 Å². The number of hydrogen-bond acceptors (Lipinski definition) is 7. The first-order valence-electron chi connectivity index (χ1n) is 5.88. The first-order chi connectivity index (χ1) is 9.38. The van der Waals surface area contributed by atoms with E-state index < -0.39 is 29.7 Å². The fourth-order valence-corrected chi connectivity index (χ4v) is 2.23. The third-order valence-electron chi connectivity index (χ3n) is 3.14. The molecule has 0 radical (unpaired) electrons. The van der Waals surface area contributed by atoms with Gasteiger partial charge < -0.3 is 14.2 Å². The number of carbonyl (C=O) groups excluding carboxylic acids is 3. The van der Waals surface area contributed by atoms with Crippen molar-refractivity contribution in [2.45, 2.75) is 13.8 Å². The molecule has 0 fully saturated rings. The van der Waals surface area contributed by atoms with E-state index in [1.807, 2.05) is 0 Å². The minimum atomic E-state index is -1.11. The van der Waals surface area contributed by atoms with Gasteiger partial charge >= 0.3 is 17.9 Å². The molecule has 2 atom stereocenters. The van der Waals surface area contributed by atoms with Gasteiger partial charge in [-0.15, -0.1) is 0 Å². The summed E-state index contributed by atoms with van der Waals surface area (Å²) in [6.45, 7) is 3.16. The molecule has 0 aromatic rings. The molecular weight excluding hydrogens is 266 g/mol. The molecule has 0 spiro atoms. The summed E-state index contributed by atoms with van der Waals surface area (Å²) in [4.78, 5) is 39.9. The lowest BCUT2D eigenvalue weighted by Crippen LogP contribution is -2.41. The molecule has 20 heavy (non-hydrogen) atoms. The summed E-state index contributed by atoms with van der Waals surface area (Å²) in [6, 6.07) is 0. The Morgan fingerprint density at radius 1 is 0.900 bits per heavy atom. The van der Waals surface area contributed by atoms with Crippen LogP contribution in [0, 0.1) is 11.8 Å². The van der Waals surface area contributed by atoms with Crippen molar-refractivity contribution in [1.29, 1.82) is 0 Å². The molecule has 1 aliphatic rings. The maximum atomic E-state index is 12.0. The number of methoxy groups -OCH3 is 3. The highest BCUT2D eigenvalue weighted by Gasteiger charge is 2.46. The van der Waals surface area contributed by atoms with Gasteiger partial charge in [0.1, 0.15) is 11.8 Å². The normalized spacial score (nSPS) is 21.9. The summed E-state index contributed by atoms with van der Waals surface area (Å²) in [5.74, 6) is -4.20. The molecule has 0 aromatic carbocycles. The lowest BCUT2D eigenvalue weighted by Gasteiger charge is -2.28. The SMILES string of the molecule is COC(=O)C1=C(C)N=C(C)C(C(=O)OC)[C@@H]1C(=O)OC. The van der Waals surface area contributed by atoms with Gasteiger partial charge in [-0.1, -0.05) is 0 Å². The molecule has 0 aromatic heterocycles. The Balaban J connectivity index is 3.44. The smallest absolute Gasteiger partial charge is 0.336 e. The predicted octanol–water partition coefficient (Wildman–Crippen LogP) is 0.486. The summed E-state index contributed by atoms with van der Waals surface area (Å²) >= 11 is 0. The van der Waals surface area contributed by atoms with Gasteiger partial charge in [0.2, 0.25) is 0 Å². The number of esters is 3. The van der Waals surface area contributed by atoms with Crippen molar-refractivity contribution in [3.05, 3.63) is 11.3 Å². The van der Waals surface area contributed by atoms with Crippen molar-refractivity contribution in [3.8, 4) is 0 Å². The molecule has 0 bridgehead atoms. The van der Waals surface area contributed by atoms with E-state index in [1.54, 1.807) is 13.8 Å². The molecule has 1 rings (SSSR count). The molecule has 0 N–H and O–H groups in total. The molecule has 0 amide bonds. The maximum absolute atomic E-state index is 12.0. The maximum Gasteiger partial charge on any atom is 0.336 e. The van der Waals surface area contributed by atoms with Crippen LogP contribution in [0.4, 0.5) is 0 Å². The standard InChI is InChI=1S/C13H17NO6/c1-6-8(11(15)18-3)10(13(17)20-5)9(7(2)14-6)12(16)19-4/h8,10H,1-5H3/t8?,10-/m0/s1. The molecule has 7 heteroatoms. The van der Waals surface area contributed by atoms with Crippen molar-refractivity contribution in [2.75, 3.05) is 21.3 Å². The molecule has 1 aliphatic heterocycles. The molecule has 7 nitrogen and oxygen atoms in total. The number of aliphatic imine (C=N–C) groups is 1. The number of carbonyl (C=O) groups is 3. The van der Waals surface area contributed by atoms with Gasteiger partial charge in [0, 0.05) is 11.4 Å². The van der Waals surface area contributed by atoms with E-state index in [9.17, 15) is 14.4 Å². The molecule has 1 heterocycles. The van der Waals surface area contributed by atoms with Crippen LogP contribution in [0.15, 0.2) is 16.3 Å². The Morgan fingerprint density at radius 2 is 1.40 bits per heavy atom. The average molecular weight is 283 g/mol. The van der Waals surface area contributed by atoms with E-state index in [4.69, 9.17) is 4.74 Å². The number of ether oxygens (including phenoxy) is 3. The topological polar surface area (TPSA) is 91.3 Å². The zero-order valence-electron chi connectivity index (χ0n) is 12.1. The van der Waals surface area contributed by atoms with Gasteiger partial charge in [-0.05, 0) is 13.8 Å². The molecule has 1 unspecified atom stereocenters. The van der Waals surface area contributed by atoms with Crippen LogP contribution in [0.25, 0.3) is 0 Å². The first-order valence-corrected chi connectivity index (χ1v) is 5.88. The monoisotopic (exact) mass is 283 g/mol. The van der Waals surface area contributed by atoms with Crippen LogP contribution in [0.1, 0.15) is 13.8 Å². The second kappa shape index (κ2) is 6.31. The largest absolute Gasteiger partial charge is 0.469 e. The Morgan fingerprint density at radius 3 is 1.85 bits per heavy atom. The van der Waals surface area contributed by atoms with Crippen LogP contribution in [-0.2, 0) is 28.6 Å². The summed E-state index contributed by atoms with van der Waals surface area (Å²) in [6.07, 6.45) is 0. The fraction of sp³-hybridized carbons (Fsp3) is 0.538. The van der Waals surface area contributed by atoms with Crippen LogP contribution in [0.3, 0.4) is 0 Å². The lowest BCUT2D eigenvalue weighted by molar-refractivity contribution is -0.155. The van der Waals surface area contributed by atoms with Crippen molar-refractivity contribution in [2.24, 2.45) is 16.8 Å². The Hall–Kier alpha value is -2.18. The lowest BCUT2D eigenvalue weighted by atomic mass is 9.80. The van der Waals surface area contributed by atoms with Gasteiger partial charge in [-0.25, -0.2) is 4.79 Å². The second-order valence-electron chi connectivity index (χ2n) is 4.25. The summed E-state index contributed by atoms with van der Waals surface area (Å²) in [5.41, 5.74) is 0.725. The Labute approximate surface area is 116 Å². The molecular formula is C13H17NO6. The van der Waals surface area contributed by atoms with Crippen molar-refractivity contribution < 1.29 is 28.6 Å². The number of allylic oxidation sites excluding steroid dienone is 1. The predicted molar refractivity (Wildman–Crippen MR) is 68.8 cm³/mol. The highest BCUT2D eigenvalue weighted by Crippen LogP contribution is 2.33. The summed E-state index contributed by atoms with van der Waals surface area (Å²) in [7, 11) is 3.57. The molecule has 110 valence electrons. The first kappa shape index (κ1) is 15.9. The van der Waals surface area contributed by atoms with E-state index in [0.717, 1.165) is 0 Å². The van der Waals surface area contributed by atoms with Crippen LogP contribution >= 0.6 is 0 Å². The third kappa shape index (κ3) is 2.71. The highest BCUT2D eigenvalue weighted by molar-refractivity contribution is 6.10. The number of nitrogens with zero attached hydrogens (tertiary/aromatic N) is 1. The minimum Gasteiger partial charge on any atom is -0.469 e. The van der Waals surface area contributed by atoms with Gasteiger partial charge in [0.15, 0.2) is 0 Å². The van der Waals surface area contributed by atoms with E-state index in [2.05, 4.69) is 14.5 Å². The summed E-state index contributed by atoms with van der Waals surface area (Å²) in [5, 5.41) is 0. The van der Waals surface area contributed by atoms with E-state index >= 15 is 0 Å². The van der Waals surface area contributed by atoms with E-state index in [1.165, 1.54) is 21.3 Å². The second-order valence-corrected chi connectivity index (χ2v) is 4.25.